The summed E-state index contributed by atoms with van der Waals surface area (Å²) in [5.74, 6) is 0.730. The van der Waals surface area contributed by atoms with Gasteiger partial charge >= 0.3 is 0 Å². The van der Waals surface area contributed by atoms with Crippen LogP contribution in [0, 0.1) is 0 Å². The Kier molecular flexibility index (Phi) is 3.38. The van der Waals surface area contributed by atoms with Crippen molar-refractivity contribution in [2.75, 3.05) is 6.54 Å². The van der Waals surface area contributed by atoms with Gasteiger partial charge in [0.05, 0.1) is 12.0 Å². The number of H-pyrrole nitrogens is 1. The van der Waals surface area contributed by atoms with Crippen molar-refractivity contribution in [3.8, 4) is 0 Å². The van der Waals surface area contributed by atoms with Gasteiger partial charge in [-0.15, -0.1) is 0 Å². The average molecular weight is 343 g/mol. The molecule has 0 saturated carbocycles. The molecule has 1 amide bonds. The molecule has 0 radical (unpaired) electrons. The number of nitrogens with zero attached hydrogens (tertiary/aromatic N) is 2. The molecule has 128 valence electrons. The van der Waals surface area contributed by atoms with Gasteiger partial charge in [0.2, 0.25) is 0 Å². The first kappa shape index (κ1) is 15.0. The number of para-hydroxylation sites is 1. The minimum Gasteiger partial charge on any atom is -0.458 e. The number of furan rings is 1. The molecule has 1 aliphatic rings. The molecule has 0 bridgehead atoms. The largest absolute Gasteiger partial charge is 0.458 e. The van der Waals surface area contributed by atoms with Crippen LogP contribution in [0.15, 0.2) is 71.4 Å². The lowest BCUT2D eigenvalue weighted by Gasteiger charge is -2.33. The first-order chi connectivity index (χ1) is 12.8. The summed E-state index contributed by atoms with van der Waals surface area (Å²) < 4.78 is 6.10. The highest BCUT2D eigenvalue weighted by atomic mass is 16.3. The minimum absolute atomic E-state index is 0.00953. The Balaban J connectivity index is 1.63. The molecule has 26 heavy (non-hydrogen) atoms. The van der Waals surface area contributed by atoms with E-state index in [1.54, 1.807) is 6.33 Å². The van der Waals surface area contributed by atoms with Crippen molar-refractivity contribution in [2.45, 2.75) is 12.5 Å². The van der Waals surface area contributed by atoms with Crippen molar-refractivity contribution < 1.29 is 9.21 Å². The van der Waals surface area contributed by atoms with Crippen molar-refractivity contribution in [1.82, 2.24) is 14.9 Å². The van der Waals surface area contributed by atoms with Crippen molar-refractivity contribution in [3.63, 3.8) is 0 Å². The molecule has 0 fully saturated rings. The third-order valence-electron chi connectivity index (χ3n) is 4.92. The molecule has 0 aliphatic carbocycles. The van der Waals surface area contributed by atoms with Gasteiger partial charge in [-0.2, -0.15) is 0 Å². The second-order valence-corrected chi connectivity index (χ2v) is 6.47. The van der Waals surface area contributed by atoms with Crippen LogP contribution >= 0.6 is 0 Å². The summed E-state index contributed by atoms with van der Waals surface area (Å²) in [4.78, 5) is 22.7. The summed E-state index contributed by atoms with van der Waals surface area (Å²) in [6, 6.07) is 18.9. The second-order valence-electron chi connectivity index (χ2n) is 6.47. The Labute approximate surface area is 150 Å². The monoisotopic (exact) mass is 343 g/mol. The molecule has 4 aromatic rings. The Morgan fingerprint density at radius 1 is 1.12 bits per heavy atom. The van der Waals surface area contributed by atoms with Gasteiger partial charge in [-0.05, 0) is 24.3 Å². The lowest BCUT2D eigenvalue weighted by Crippen LogP contribution is -2.40. The molecule has 2 aromatic carbocycles. The van der Waals surface area contributed by atoms with Crippen molar-refractivity contribution in [1.29, 1.82) is 0 Å². The van der Waals surface area contributed by atoms with Crippen LogP contribution in [0.3, 0.4) is 0 Å². The normalized spacial score (nSPS) is 16.6. The number of hydrogen-bond acceptors (Lipinski definition) is 3. The van der Waals surface area contributed by atoms with Crippen molar-refractivity contribution in [3.05, 3.63) is 89.7 Å². The SMILES string of the molecule is O=C(c1ccccc1)N1CCc2[nH]cnc2[C@H]1c1cc2ccccc2o1. The van der Waals surface area contributed by atoms with Crippen LogP contribution < -0.4 is 0 Å². The van der Waals surface area contributed by atoms with Crippen molar-refractivity contribution in [2.24, 2.45) is 0 Å². The first-order valence-corrected chi connectivity index (χ1v) is 8.68. The highest BCUT2D eigenvalue weighted by Crippen LogP contribution is 2.36. The highest BCUT2D eigenvalue weighted by molar-refractivity contribution is 5.95. The van der Waals surface area contributed by atoms with E-state index in [9.17, 15) is 4.79 Å². The zero-order valence-electron chi connectivity index (χ0n) is 14.1. The van der Waals surface area contributed by atoms with E-state index in [-0.39, 0.29) is 11.9 Å². The van der Waals surface area contributed by atoms with Gasteiger partial charge in [0.25, 0.3) is 5.91 Å². The lowest BCUT2D eigenvalue weighted by atomic mass is 9.99. The quantitative estimate of drug-likeness (QED) is 0.599. The number of carbonyl (C=O) groups is 1. The summed E-state index contributed by atoms with van der Waals surface area (Å²) in [5.41, 5.74) is 3.41. The topological polar surface area (TPSA) is 62.1 Å². The number of fused-ring (bicyclic) bond motifs is 2. The maximum absolute atomic E-state index is 13.2. The maximum Gasteiger partial charge on any atom is 0.254 e. The Hall–Kier alpha value is -3.34. The van der Waals surface area contributed by atoms with Gasteiger partial charge in [0, 0.05) is 29.6 Å². The summed E-state index contributed by atoms with van der Waals surface area (Å²) in [5, 5.41) is 1.03. The standard InChI is InChI=1S/C21H17N3O2/c25-21(14-6-2-1-3-7-14)24-11-10-16-19(23-13-22-16)20(24)18-12-15-8-4-5-9-17(15)26-18/h1-9,12-13,20H,10-11H2,(H,22,23)/t20-/m1/s1. The molecular weight excluding hydrogens is 326 g/mol. The van der Waals surface area contributed by atoms with Crippen LogP contribution in [0.1, 0.15) is 33.5 Å². The summed E-state index contributed by atoms with van der Waals surface area (Å²) >= 11 is 0. The molecule has 1 N–H and O–H groups in total. The summed E-state index contributed by atoms with van der Waals surface area (Å²) in [6.07, 6.45) is 2.45. The molecule has 1 aliphatic heterocycles. The van der Waals surface area contributed by atoms with Gasteiger partial charge in [0.1, 0.15) is 17.4 Å². The Morgan fingerprint density at radius 3 is 2.77 bits per heavy atom. The number of imidazole rings is 1. The van der Waals surface area contributed by atoms with Crippen LogP contribution in [0.4, 0.5) is 0 Å². The van der Waals surface area contributed by atoms with E-state index in [2.05, 4.69) is 9.97 Å². The van der Waals surface area contributed by atoms with E-state index in [0.29, 0.717) is 12.1 Å². The first-order valence-electron chi connectivity index (χ1n) is 8.68. The van der Waals surface area contributed by atoms with Crippen LogP contribution in [-0.2, 0) is 6.42 Å². The van der Waals surface area contributed by atoms with Gasteiger partial charge in [-0.1, -0.05) is 36.4 Å². The number of nitrogens with one attached hydrogen (secondary N) is 1. The number of amides is 1. The predicted molar refractivity (Wildman–Crippen MR) is 97.8 cm³/mol. The molecular formula is C21H17N3O2. The van der Waals surface area contributed by atoms with Gasteiger partial charge < -0.3 is 14.3 Å². The van der Waals surface area contributed by atoms with Crippen molar-refractivity contribution >= 4 is 16.9 Å². The smallest absolute Gasteiger partial charge is 0.254 e. The summed E-state index contributed by atoms with van der Waals surface area (Å²) in [7, 11) is 0. The van der Waals surface area contributed by atoms with Gasteiger partial charge in [-0.3, -0.25) is 4.79 Å². The Bertz CT molecular complexity index is 1050. The number of benzene rings is 2. The highest BCUT2D eigenvalue weighted by Gasteiger charge is 2.36. The lowest BCUT2D eigenvalue weighted by molar-refractivity contribution is 0.0673. The fourth-order valence-electron chi connectivity index (χ4n) is 3.67. The fraction of sp³-hybridized carbons (Fsp3) is 0.143. The molecule has 0 spiro atoms. The second kappa shape index (κ2) is 5.88. The Morgan fingerprint density at radius 2 is 1.92 bits per heavy atom. The molecule has 1 atom stereocenters. The molecule has 5 nitrogen and oxygen atoms in total. The third-order valence-corrected chi connectivity index (χ3v) is 4.92. The average Bonchev–Trinajstić information content (AvgIpc) is 3.33. The number of hydrogen-bond donors (Lipinski definition) is 1. The number of aromatic amines is 1. The molecule has 0 saturated heterocycles. The molecule has 5 heteroatoms. The summed E-state index contributed by atoms with van der Waals surface area (Å²) in [6.45, 7) is 0.616. The molecule has 2 aromatic heterocycles. The van der Waals surface area contributed by atoms with Gasteiger partial charge in [-0.25, -0.2) is 4.98 Å². The van der Waals surface area contributed by atoms with E-state index in [4.69, 9.17) is 4.42 Å². The zero-order chi connectivity index (χ0) is 17.5. The van der Waals surface area contributed by atoms with Crippen LogP contribution in [0.2, 0.25) is 0 Å². The zero-order valence-corrected chi connectivity index (χ0v) is 14.1. The van der Waals surface area contributed by atoms with Crippen LogP contribution in [-0.4, -0.2) is 27.3 Å². The molecule has 0 unspecified atom stereocenters. The number of carbonyl (C=O) groups excluding carboxylic acids is 1. The molecule has 5 rings (SSSR count). The van der Waals surface area contributed by atoms with E-state index in [1.807, 2.05) is 65.6 Å². The van der Waals surface area contributed by atoms with Crippen LogP contribution in [0.25, 0.3) is 11.0 Å². The minimum atomic E-state index is -0.329. The predicted octanol–water partition coefficient (Wildman–Crippen LogP) is 3.94. The van der Waals surface area contributed by atoms with E-state index < -0.39 is 0 Å². The number of rotatable bonds is 2. The van der Waals surface area contributed by atoms with E-state index in [1.165, 1.54) is 0 Å². The van der Waals surface area contributed by atoms with E-state index in [0.717, 1.165) is 34.5 Å². The van der Waals surface area contributed by atoms with Crippen LogP contribution in [0.5, 0.6) is 0 Å². The fourth-order valence-corrected chi connectivity index (χ4v) is 3.67. The number of aromatic nitrogens is 2. The third kappa shape index (κ3) is 2.32. The molecule has 3 heterocycles. The maximum atomic E-state index is 13.2. The van der Waals surface area contributed by atoms with E-state index >= 15 is 0 Å². The van der Waals surface area contributed by atoms with Gasteiger partial charge in [0.15, 0.2) is 0 Å².